The van der Waals surface area contributed by atoms with Crippen molar-refractivity contribution in [3.63, 3.8) is 0 Å². The van der Waals surface area contributed by atoms with Crippen molar-refractivity contribution < 1.29 is 19.4 Å². The van der Waals surface area contributed by atoms with Gasteiger partial charge in [-0.2, -0.15) is 4.68 Å². The van der Waals surface area contributed by atoms with Crippen LogP contribution in [0.15, 0.2) is 47.6 Å². The highest BCUT2D eigenvalue weighted by atomic mass is 32.2. The van der Waals surface area contributed by atoms with E-state index in [0.29, 0.717) is 16.6 Å². The molecule has 3 aromatic rings. The highest BCUT2D eigenvalue weighted by Crippen LogP contribution is 2.26. The van der Waals surface area contributed by atoms with E-state index >= 15 is 0 Å². The number of methoxy groups -OCH3 is 1. The maximum Gasteiger partial charge on any atom is 0.337 e. The van der Waals surface area contributed by atoms with Gasteiger partial charge in [-0.05, 0) is 47.2 Å². The molecule has 0 radical (unpaired) electrons. The van der Waals surface area contributed by atoms with Gasteiger partial charge in [0.25, 0.3) is 0 Å². The van der Waals surface area contributed by atoms with Gasteiger partial charge in [-0.25, -0.2) is 4.79 Å². The van der Waals surface area contributed by atoms with Crippen molar-refractivity contribution in [2.45, 2.75) is 12.1 Å². The fourth-order valence-electron chi connectivity index (χ4n) is 2.49. The predicted molar refractivity (Wildman–Crippen MR) is 103 cm³/mol. The number of aromatic carboxylic acids is 1. The summed E-state index contributed by atoms with van der Waals surface area (Å²) in [7, 11) is 1.55. The van der Waals surface area contributed by atoms with E-state index in [9.17, 15) is 14.7 Å². The Bertz CT molecular complexity index is 1020. The molecule has 0 aliphatic rings. The Labute approximate surface area is 164 Å². The van der Waals surface area contributed by atoms with E-state index < -0.39 is 5.97 Å². The molecule has 0 bridgehead atoms. The Morgan fingerprint density at radius 1 is 1.25 bits per heavy atom. The predicted octanol–water partition coefficient (Wildman–Crippen LogP) is 2.41. The van der Waals surface area contributed by atoms with Crippen LogP contribution in [-0.2, 0) is 4.79 Å². The molecule has 1 aromatic heterocycles. The number of thioether (sulfide) groups is 1. The molecule has 1 amide bonds. The topological polar surface area (TPSA) is 119 Å². The van der Waals surface area contributed by atoms with Gasteiger partial charge in [0.1, 0.15) is 11.4 Å². The number of para-hydroxylation sites is 2. The van der Waals surface area contributed by atoms with Crippen LogP contribution in [0.4, 0.5) is 5.69 Å². The number of amides is 1. The average molecular weight is 399 g/mol. The van der Waals surface area contributed by atoms with E-state index in [1.807, 2.05) is 19.1 Å². The van der Waals surface area contributed by atoms with E-state index in [1.54, 1.807) is 31.4 Å². The molecular weight excluding hydrogens is 382 g/mol. The Hall–Kier alpha value is -3.40. The van der Waals surface area contributed by atoms with E-state index in [2.05, 4.69) is 20.8 Å². The molecule has 0 fully saturated rings. The van der Waals surface area contributed by atoms with Crippen LogP contribution in [0.1, 0.15) is 15.9 Å². The molecule has 0 aliphatic heterocycles. The highest BCUT2D eigenvalue weighted by Gasteiger charge is 2.16. The molecule has 0 unspecified atom stereocenters. The van der Waals surface area contributed by atoms with Gasteiger partial charge in [-0.3, -0.25) is 4.79 Å². The van der Waals surface area contributed by atoms with Crippen LogP contribution in [0, 0.1) is 6.92 Å². The number of benzene rings is 2. The molecule has 10 heteroatoms. The Morgan fingerprint density at radius 3 is 2.79 bits per heavy atom. The van der Waals surface area contributed by atoms with Crippen LogP contribution in [0.5, 0.6) is 5.75 Å². The molecule has 0 saturated heterocycles. The number of tetrazole rings is 1. The molecule has 28 heavy (non-hydrogen) atoms. The number of carbonyl (C=O) groups excluding carboxylic acids is 1. The normalized spacial score (nSPS) is 10.5. The molecule has 0 spiro atoms. The SMILES string of the molecule is COc1ccccc1-n1nnnc1SCC(=O)Nc1cc(C)ccc1C(=O)O. The van der Waals surface area contributed by atoms with Crippen molar-refractivity contribution in [3.05, 3.63) is 53.6 Å². The zero-order valence-corrected chi connectivity index (χ0v) is 15.9. The monoisotopic (exact) mass is 399 g/mol. The Balaban J connectivity index is 1.73. The first kappa shape index (κ1) is 19.4. The van der Waals surface area contributed by atoms with Crippen molar-refractivity contribution in [2.75, 3.05) is 18.2 Å². The van der Waals surface area contributed by atoms with E-state index in [-0.39, 0.29) is 22.9 Å². The summed E-state index contributed by atoms with van der Waals surface area (Å²) in [5.41, 5.74) is 1.77. The van der Waals surface area contributed by atoms with Crippen LogP contribution in [0.2, 0.25) is 0 Å². The van der Waals surface area contributed by atoms with Crippen LogP contribution < -0.4 is 10.1 Å². The van der Waals surface area contributed by atoms with Gasteiger partial charge in [0.2, 0.25) is 11.1 Å². The molecule has 144 valence electrons. The second-order valence-electron chi connectivity index (χ2n) is 5.74. The molecule has 0 atom stereocenters. The first-order valence-corrected chi connectivity index (χ1v) is 9.16. The van der Waals surface area contributed by atoms with Gasteiger partial charge in [-0.15, -0.1) is 5.10 Å². The van der Waals surface area contributed by atoms with Crippen LogP contribution in [0.25, 0.3) is 5.69 Å². The Kier molecular flexibility index (Phi) is 5.90. The third kappa shape index (κ3) is 4.29. The van der Waals surface area contributed by atoms with Crippen molar-refractivity contribution >= 4 is 29.3 Å². The van der Waals surface area contributed by atoms with Gasteiger partial charge in [0.05, 0.1) is 24.1 Å². The number of ether oxygens (including phenoxy) is 1. The lowest BCUT2D eigenvalue weighted by Crippen LogP contribution is -2.17. The zero-order valence-electron chi connectivity index (χ0n) is 15.1. The zero-order chi connectivity index (χ0) is 20.1. The van der Waals surface area contributed by atoms with Crippen LogP contribution >= 0.6 is 11.8 Å². The largest absolute Gasteiger partial charge is 0.494 e. The minimum absolute atomic E-state index is 0.00250. The summed E-state index contributed by atoms with van der Waals surface area (Å²) in [4.78, 5) is 23.7. The number of hydrogen-bond donors (Lipinski definition) is 2. The van der Waals surface area contributed by atoms with Gasteiger partial charge in [0.15, 0.2) is 0 Å². The summed E-state index contributed by atoms with van der Waals surface area (Å²) < 4.78 is 6.79. The third-order valence-corrected chi connectivity index (χ3v) is 4.69. The number of carbonyl (C=O) groups is 2. The molecule has 1 heterocycles. The van der Waals surface area contributed by atoms with Gasteiger partial charge in [0, 0.05) is 0 Å². The summed E-state index contributed by atoms with van der Waals surface area (Å²) >= 11 is 1.13. The lowest BCUT2D eigenvalue weighted by molar-refractivity contribution is -0.113. The molecule has 2 aromatic carbocycles. The van der Waals surface area contributed by atoms with Crippen molar-refractivity contribution in [2.24, 2.45) is 0 Å². The number of nitrogens with one attached hydrogen (secondary N) is 1. The van der Waals surface area contributed by atoms with Crippen molar-refractivity contribution in [1.82, 2.24) is 20.2 Å². The van der Waals surface area contributed by atoms with Crippen LogP contribution in [-0.4, -0.2) is 50.1 Å². The summed E-state index contributed by atoms with van der Waals surface area (Å²) in [6, 6.07) is 12.0. The fourth-order valence-corrected chi connectivity index (χ4v) is 3.17. The third-order valence-electron chi connectivity index (χ3n) is 3.77. The molecular formula is C18H17N5O4S. The molecule has 3 rings (SSSR count). The van der Waals surface area contributed by atoms with E-state index in [0.717, 1.165) is 17.3 Å². The Morgan fingerprint density at radius 2 is 2.04 bits per heavy atom. The van der Waals surface area contributed by atoms with Crippen molar-refractivity contribution in [1.29, 1.82) is 0 Å². The van der Waals surface area contributed by atoms with E-state index in [4.69, 9.17) is 4.74 Å². The number of aryl methyl sites for hydroxylation is 1. The molecule has 0 saturated carbocycles. The number of aromatic nitrogens is 4. The van der Waals surface area contributed by atoms with E-state index in [1.165, 1.54) is 10.7 Å². The number of carboxylic acid groups (broad SMARTS) is 1. The minimum atomic E-state index is -1.11. The summed E-state index contributed by atoms with van der Waals surface area (Å²) in [6.45, 7) is 1.82. The van der Waals surface area contributed by atoms with Gasteiger partial charge in [-0.1, -0.05) is 30.0 Å². The van der Waals surface area contributed by atoms with Gasteiger partial charge < -0.3 is 15.2 Å². The lowest BCUT2D eigenvalue weighted by Gasteiger charge is -2.10. The smallest absolute Gasteiger partial charge is 0.337 e. The number of rotatable bonds is 7. The first-order valence-electron chi connectivity index (χ1n) is 8.18. The first-order chi connectivity index (χ1) is 13.5. The second-order valence-corrected chi connectivity index (χ2v) is 6.68. The van der Waals surface area contributed by atoms with Crippen molar-refractivity contribution in [3.8, 4) is 11.4 Å². The standard InChI is InChI=1S/C18H17N5O4S/c1-11-7-8-12(17(25)26)13(9-11)19-16(24)10-28-18-20-21-22-23(18)14-5-3-4-6-15(14)27-2/h3-9H,10H2,1-2H3,(H,19,24)(H,25,26). The van der Waals surface area contributed by atoms with Gasteiger partial charge >= 0.3 is 5.97 Å². The summed E-state index contributed by atoms with van der Waals surface area (Å²) in [6.07, 6.45) is 0. The minimum Gasteiger partial charge on any atom is -0.494 e. The maximum absolute atomic E-state index is 12.3. The molecule has 0 aliphatic carbocycles. The lowest BCUT2D eigenvalue weighted by atomic mass is 10.1. The number of anilines is 1. The van der Waals surface area contributed by atoms with Crippen LogP contribution in [0.3, 0.4) is 0 Å². The number of hydrogen-bond acceptors (Lipinski definition) is 7. The average Bonchev–Trinajstić information content (AvgIpc) is 3.14. The quantitative estimate of drug-likeness (QED) is 0.581. The second kappa shape index (κ2) is 8.53. The summed E-state index contributed by atoms with van der Waals surface area (Å²) in [5, 5.41) is 23.9. The molecule has 9 nitrogen and oxygen atoms in total. The fraction of sp³-hybridized carbons (Fsp3) is 0.167. The number of nitrogens with zero attached hydrogens (tertiary/aromatic N) is 4. The maximum atomic E-state index is 12.3. The number of carboxylic acids is 1. The highest BCUT2D eigenvalue weighted by molar-refractivity contribution is 7.99. The summed E-state index contributed by atoms with van der Waals surface area (Å²) in [5.74, 6) is -0.884. The molecule has 2 N–H and O–H groups in total.